The zero-order valence-electron chi connectivity index (χ0n) is 10.6. The topological polar surface area (TPSA) is 38.3 Å². The van der Waals surface area contributed by atoms with Crippen molar-refractivity contribution in [2.24, 2.45) is 5.41 Å². The molecule has 0 aliphatic carbocycles. The second-order valence-corrected chi connectivity index (χ2v) is 5.17. The van der Waals surface area contributed by atoms with Gasteiger partial charge in [0.15, 0.2) is 0 Å². The zero-order chi connectivity index (χ0) is 12.6. The van der Waals surface area contributed by atoms with Crippen LogP contribution in [0.2, 0.25) is 0 Å². The molecule has 5 heteroatoms. The van der Waals surface area contributed by atoms with Crippen LogP contribution in [0.1, 0.15) is 31.0 Å². The fourth-order valence-electron chi connectivity index (χ4n) is 2.05. The summed E-state index contributed by atoms with van der Waals surface area (Å²) in [4.78, 5) is 11.3. The van der Waals surface area contributed by atoms with E-state index in [-0.39, 0.29) is 36.3 Å². The minimum absolute atomic E-state index is 0. The van der Waals surface area contributed by atoms with Crippen LogP contribution in [-0.2, 0) is 4.74 Å². The number of carbonyl (C=O) groups excluding carboxylic acids is 1. The number of aryl methyl sites for hydroxylation is 1. The molecule has 3 nitrogen and oxygen atoms in total. The van der Waals surface area contributed by atoms with Gasteiger partial charge in [-0.25, -0.2) is 9.18 Å². The first kappa shape index (κ1) is 14.8. The zero-order valence-corrected chi connectivity index (χ0v) is 11.4. The highest BCUT2D eigenvalue weighted by molar-refractivity contribution is 5.85. The average molecular weight is 274 g/mol. The molecule has 0 unspecified atom stereocenters. The first-order chi connectivity index (χ1) is 7.90. The van der Waals surface area contributed by atoms with Gasteiger partial charge in [0.05, 0.1) is 6.04 Å². The van der Waals surface area contributed by atoms with Gasteiger partial charge in [-0.3, -0.25) is 0 Å². The van der Waals surface area contributed by atoms with E-state index in [1.165, 1.54) is 6.07 Å². The van der Waals surface area contributed by atoms with Crippen molar-refractivity contribution >= 4 is 18.5 Å². The molecule has 1 saturated heterocycles. The Hall–Kier alpha value is -1.29. The molecule has 1 amide bonds. The van der Waals surface area contributed by atoms with E-state index in [1.807, 2.05) is 26.8 Å². The molecule has 1 fully saturated rings. The molecule has 1 heterocycles. The predicted octanol–water partition coefficient (Wildman–Crippen LogP) is 3.36. The first-order valence-corrected chi connectivity index (χ1v) is 5.59. The Morgan fingerprint density at radius 2 is 2.11 bits per heavy atom. The largest absolute Gasteiger partial charge is 0.449 e. The van der Waals surface area contributed by atoms with Crippen molar-refractivity contribution in [2.45, 2.75) is 26.8 Å². The molecule has 0 bridgehead atoms. The van der Waals surface area contributed by atoms with Gasteiger partial charge in [0, 0.05) is 11.0 Å². The molecule has 1 N–H and O–H groups in total. The van der Waals surface area contributed by atoms with Crippen molar-refractivity contribution in [3.63, 3.8) is 0 Å². The van der Waals surface area contributed by atoms with Gasteiger partial charge in [0.2, 0.25) is 0 Å². The Balaban J connectivity index is 0.00000162. The highest BCUT2D eigenvalue weighted by Crippen LogP contribution is 2.37. The lowest BCUT2D eigenvalue weighted by Crippen LogP contribution is -2.47. The molecule has 1 aliphatic heterocycles. The predicted molar refractivity (Wildman–Crippen MR) is 69.4 cm³/mol. The van der Waals surface area contributed by atoms with E-state index >= 15 is 0 Å². The summed E-state index contributed by atoms with van der Waals surface area (Å²) in [6.45, 7) is 6.00. The third-order valence-electron chi connectivity index (χ3n) is 3.09. The second kappa shape index (κ2) is 5.14. The molecular weight excluding hydrogens is 257 g/mol. The smallest absolute Gasteiger partial charge is 0.407 e. The van der Waals surface area contributed by atoms with Crippen LogP contribution in [0.4, 0.5) is 9.18 Å². The Kier molecular flexibility index (Phi) is 4.22. The molecule has 1 aromatic rings. The highest BCUT2D eigenvalue weighted by Gasteiger charge is 2.39. The van der Waals surface area contributed by atoms with Crippen LogP contribution in [0.25, 0.3) is 0 Å². The fraction of sp³-hybridized carbons (Fsp3) is 0.462. The quantitative estimate of drug-likeness (QED) is 0.852. The van der Waals surface area contributed by atoms with Gasteiger partial charge in [-0.15, -0.1) is 12.4 Å². The molecular formula is C13H17ClFNO2. The molecule has 2 rings (SSSR count). The van der Waals surface area contributed by atoms with Gasteiger partial charge in [-0.05, 0) is 18.6 Å². The summed E-state index contributed by atoms with van der Waals surface area (Å²) in [5, 5.41) is 2.68. The normalized spacial score (nSPS) is 21.6. The monoisotopic (exact) mass is 273 g/mol. The summed E-state index contributed by atoms with van der Waals surface area (Å²) in [7, 11) is 0. The van der Waals surface area contributed by atoms with E-state index in [1.54, 1.807) is 6.07 Å². The summed E-state index contributed by atoms with van der Waals surface area (Å²) in [6.07, 6.45) is -0.491. The van der Waals surface area contributed by atoms with Gasteiger partial charge in [-0.2, -0.15) is 0 Å². The SMILES string of the molecule is Cc1ccc([C@H]2NC(=O)OCC2(C)C)c(F)c1.Cl. The third kappa shape index (κ3) is 2.75. The molecule has 1 atom stereocenters. The number of ether oxygens (including phenoxy) is 1. The van der Waals surface area contributed by atoms with Crippen LogP contribution in [0.15, 0.2) is 18.2 Å². The summed E-state index contributed by atoms with van der Waals surface area (Å²) < 4.78 is 18.8. The van der Waals surface area contributed by atoms with Gasteiger partial charge in [-0.1, -0.05) is 26.0 Å². The van der Waals surface area contributed by atoms with E-state index in [0.717, 1.165) is 5.56 Å². The van der Waals surface area contributed by atoms with Crippen molar-refractivity contribution in [3.8, 4) is 0 Å². The number of hydrogen-bond donors (Lipinski definition) is 1. The van der Waals surface area contributed by atoms with Gasteiger partial charge in [0.25, 0.3) is 0 Å². The maximum atomic E-state index is 13.9. The van der Waals surface area contributed by atoms with Gasteiger partial charge < -0.3 is 10.1 Å². The lowest BCUT2D eigenvalue weighted by Gasteiger charge is -2.38. The van der Waals surface area contributed by atoms with Crippen molar-refractivity contribution in [1.29, 1.82) is 0 Å². The number of carbonyl (C=O) groups is 1. The number of nitrogens with one attached hydrogen (secondary N) is 1. The maximum Gasteiger partial charge on any atom is 0.407 e. The molecule has 18 heavy (non-hydrogen) atoms. The molecule has 100 valence electrons. The molecule has 0 radical (unpaired) electrons. The Morgan fingerprint density at radius 1 is 1.44 bits per heavy atom. The van der Waals surface area contributed by atoms with Crippen LogP contribution in [-0.4, -0.2) is 12.7 Å². The van der Waals surface area contributed by atoms with E-state index in [2.05, 4.69) is 5.32 Å². The Bertz CT molecular complexity index is 462. The number of halogens is 2. The van der Waals surface area contributed by atoms with Crippen molar-refractivity contribution in [3.05, 3.63) is 35.1 Å². The number of hydrogen-bond acceptors (Lipinski definition) is 2. The minimum Gasteiger partial charge on any atom is -0.449 e. The average Bonchev–Trinajstić information content (AvgIpc) is 2.23. The summed E-state index contributed by atoms with van der Waals surface area (Å²) in [5.41, 5.74) is 1.05. The van der Waals surface area contributed by atoms with E-state index in [0.29, 0.717) is 5.56 Å². The highest BCUT2D eigenvalue weighted by atomic mass is 35.5. The van der Waals surface area contributed by atoms with Crippen LogP contribution in [0, 0.1) is 18.2 Å². The first-order valence-electron chi connectivity index (χ1n) is 5.59. The van der Waals surface area contributed by atoms with Crippen LogP contribution >= 0.6 is 12.4 Å². The van der Waals surface area contributed by atoms with Gasteiger partial charge in [0.1, 0.15) is 12.4 Å². The third-order valence-corrected chi connectivity index (χ3v) is 3.09. The molecule has 1 aromatic carbocycles. The summed E-state index contributed by atoms with van der Waals surface area (Å²) >= 11 is 0. The van der Waals surface area contributed by atoms with Crippen LogP contribution in [0.3, 0.4) is 0 Å². The van der Waals surface area contributed by atoms with E-state index in [9.17, 15) is 9.18 Å². The summed E-state index contributed by atoms with van der Waals surface area (Å²) in [6, 6.07) is 4.69. The number of alkyl carbamates (subject to hydrolysis) is 1. The molecule has 0 saturated carbocycles. The number of benzene rings is 1. The van der Waals surface area contributed by atoms with E-state index in [4.69, 9.17) is 4.74 Å². The fourth-order valence-corrected chi connectivity index (χ4v) is 2.05. The van der Waals surface area contributed by atoms with Crippen molar-refractivity contribution in [1.82, 2.24) is 5.32 Å². The van der Waals surface area contributed by atoms with Gasteiger partial charge >= 0.3 is 6.09 Å². The molecule has 0 spiro atoms. The number of amides is 1. The van der Waals surface area contributed by atoms with Crippen LogP contribution < -0.4 is 5.32 Å². The van der Waals surface area contributed by atoms with E-state index < -0.39 is 6.09 Å². The Morgan fingerprint density at radius 3 is 2.72 bits per heavy atom. The lowest BCUT2D eigenvalue weighted by molar-refractivity contribution is 0.0378. The second-order valence-electron chi connectivity index (χ2n) is 5.17. The van der Waals surface area contributed by atoms with Crippen molar-refractivity contribution < 1.29 is 13.9 Å². The molecule has 1 aliphatic rings. The van der Waals surface area contributed by atoms with Crippen LogP contribution in [0.5, 0.6) is 0 Å². The standard InChI is InChI=1S/C13H16FNO2.ClH/c1-8-4-5-9(10(14)6-8)11-13(2,3)7-17-12(16)15-11;/h4-6,11H,7H2,1-3H3,(H,15,16);1H/t11-;/m1./s1. The lowest BCUT2D eigenvalue weighted by atomic mass is 9.80. The Labute approximate surface area is 112 Å². The number of cyclic esters (lactones) is 1. The number of rotatable bonds is 1. The molecule has 0 aromatic heterocycles. The maximum absolute atomic E-state index is 13.9. The van der Waals surface area contributed by atoms with Crippen molar-refractivity contribution in [2.75, 3.05) is 6.61 Å². The minimum atomic E-state index is -0.491. The summed E-state index contributed by atoms with van der Waals surface area (Å²) in [5.74, 6) is -0.287.